The fourth-order valence-corrected chi connectivity index (χ4v) is 1.85. The Bertz CT molecular complexity index is 699. The van der Waals surface area contributed by atoms with Crippen molar-refractivity contribution in [3.05, 3.63) is 63.8 Å². The number of carboxylic acids is 2. The number of rotatable bonds is 5. The number of carboxylic acid groups (broad SMARTS) is 2. The number of pyridine rings is 2. The summed E-state index contributed by atoms with van der Waals surface area (Å²) in [5.74, 6) is -2.90. The van der Waals surface area contributed by atoms with E-state index in [0.717, 1.165) is 18.1 Å². The number of hydrogen-bond donors (Lipinski definition) is 2. The first-order valence-corrected chi connectivity index (χ1v) is 6.09. The number of aryl methyl sites for hydroxylation is 2. The second-order valence-corrected chi connectivity index (χ2v) is 4.33. The molecule has 0 atom stereocenters. The van der Waals surface area contributed by atoms with Crippen LogP contribution in [0.1, 0.15) is 26.4 Å². The summed E-state index contributed by atoms with van der Waals surface area (Å²) in [6, 6.07) is 5.39. The van der Waals surface area contributed by atoms with Gasteiger partial charge < -0.3 is 14.8 Å². The first kappa shape index (κ1) is 14.4. The maximum absolute atomic E-state index is 11.7. The summed E-state index contributed by atoms with van der Waals surface area (Å²) in [5.41, 5.74) is -1.33. The lowest BCUT2D eigenvalue weighted by Gasteiger charge is -2.08. The van der Waals surface area contributed by atoms with Crippen LogP contribution in [0.4, 0.5) is 0 Å². The summed E-state index contributed by atoms with van der Waals surface area (Å²) >= 11 is 0. The van der Waals surface area contributed by atoms with Gasteiger partial charge in [-0.1, -0.05) is 6.07 Å². The summed E-state index contributed by atoms with van der Waals surface area (Å²) < 4.78 is 1.38. The monoisotopic (exact) mass is 288 g/mol. The topological polar surface area (TPSA) is 109 Å². The Morgan fingerprint density at radius 1 is 1.10 bits per heavy atom. The summed E-state index contributed by atoms with van der Waals surface area (Å²) in [6.45, 7) is 0.317. The van der Waals surface area contributed by atoms with Crippen LogP contribution in [0.25, 0.3) is 0 Å². The van der Waals surface area contributed by atoms with Gasteiger partial charge in [0.15, 0.2) is 0 Å². The smallest absolute Gasteiger partial charge is 0.341 e. The van der Waals surface area contributed by atoms with Gasteiger partial charge in [-0.15, -0.1) is 0 Å². The lowest BCUT2D eigenvalue weighted by molar-refractivity contribution is 0.0693. The third-order valence-corrected chi connectivity index (χ3v) is 2.89. The van der Waals surface area contributed by atoms with Crippen molar-refractivity contribution in [2.24, 2.45) is 0 Å². The fraction of sp³-hybridized carbons (Fsp3) is 0.143. The van der Waals surface area contributed by atoms with Crippen LogP contribution >= 0.6 is 0 Å². The van der Waals surface area contributed by atoms with Gasteiger partial charge >= 0.3 is 11.9 Å². The summed E-state index contributed by atoms with van der Waals surface area (Å²) in [5, 5.41) is 17.9. The van der Waals surface area contributed by atoms with Crippen LogP contribution in [-0.2, 0) is 13.0 Å². The molecule has 2 aromatic rings. The molecular weight excluding hydrogens is 276 g/mol. The van der Waals surface area contributed by atoms with Gasteiger partial charge in [-0.2, -0.15) is 0 Å². The maximum atomic E-state index is 11.7. The van der Waals surface area contributed by atoms with E-state index in [1.54, 1.807) is 18.3 Å². The van der Waals surface area contributed by atoms with Gasteiger partial charge in [-0.05, 0) is 12.1 Å². The average Bonchev–Trinajstić information content (AvgIpc) is 2.46. The third kappa shape index (κ3) is 3.33. The third-order valence-electron chi connectivity index (χ3n) is 2.89. The molecule has 2 rings (SSSR count). The molecule has 7 heteroatoms. The molecule has 0 radical (unpaired) electrons. The molecule has 7 nitrogen and oxygen atoms in total. The molecule has 2 heterocycles. The van der Waals surface area contributed by atoms with Crippen LogP contribution in [0.3, 0.4) is 0 Å². The van der Waals surface area contributed by atoms with Crippen LogP contribution in [0.5, 0.6) is 0 Å². The zero-order valence-electron chi connectivity index (χ0n) is 10.9. The molecule has 2 aromatic heterocycles. The molecule has 0 aromatic carbocycles. The molecule has 0 unspecified atom stereocenters. The highest BCUT2D eigenvalue weighted by atomic mass is 16.4. The maximum Gasteiger partial charge on any atom is 0.341 e. The predicted octanol–water partition coefficient (Wildman–Crippen LogP) is 0.882. The van der Waals surface area contributed by atoms with Gasteiger partial charge in [0.1, 0.15) is 11.1 Å². The quantitative estimate of drug-likeness (QED) is 0.845. The number of hydrogen-bond acceptors (Lipinski definition) is 4. The molecule has 21 heavy (non-hydrogen) atoms. The van der Waals surface area contributed by atoms with Gasteiger partial charge in [0.2, 0.25) is 5.43 Å². The van der Waals surface area contributed by atoms with Gasteiger partial charge in [0.05, 0.1) is 0 Å². The highest BCUT2D eigenvalue weighted by Crippen LogP contribution is 2.03. The molecule has 0 spiro atoms. The Morgan fingerprint density at radius 2 is 1.71 bits per heavy atom. The summed E-state index contributed by atoms with van der Waals surface area (Å²) in [4.78, 5) is 37.8. The SMILES string of the molecule is O=C(O)c1cn(CCc2ccccn2)cc(C(=O)O)c1=O. The predicted molar refractivity (Wildman–Crippen MR) is 72.6 cm³/mol. The standard InChI is InChI=1S/C14H12N2O5/c17-12-10(13(18)19)7-16(8-11(12)14(20)21)6-4-9-3-1-2-5-15-9/h1-3,5,7-8H,4,6H2,(H,18,19)(H,20,21). The molecule has 0 aliphatic rings. The van der Waals surface area contributed by atoms with E-state index in [-0.39, 0.29) is 0 Å². The van der Waals surface area contributed by atoms with Crippen molar-refractivity contribution in [3.8, 4) is 0 Å². The Balaban J connectivity index is 2.33. The number of aromatic nitrogens is 2. The van der Waals surface area contributed by atoms with Crippen LogP contribution in [0.2, 0.25) is 0 Å². The van der Waals surface area contributed by atoms with Crippen molar-refractivity contribution in [1.82, 2.24) is 9.55 Å². The first-order chi connectivity index (χ1) is 9.99. The Kier molecular flexibility index (Phi) is 4.13. The lowest BCUT2D eigenvalue weighted by Crippen LogP contribution is -2.25. The highest BCUT2D eigenvalue weighted by molar-refractivity contribution is 5.92. The van der Waals surface area contributed by atoms with Crippen molar-refractivity contribution < 1.29 is 19.8 Å². The number of carbonyl (C=O) groups is 2. The molecule has 0 saturated carbocycles. The van der Waals surface area contributed by atoms with Crippen molar-refractivity contribution >= 4 is 11.9 Å². The van der Waals surface area contributed by atoms with E-state index in [1.165, 1.54) is 4.57 Å². The van der Waals surface area contributed by atoms with Crippen LogP contribution in [0.15, 0.2) is 41.6 Å². The van der Waals surface area contributed by atoms with Crippen LogP contribution in [0, 0.1) is 0 Å². The van der Waals surface area contributed by atoms with E-state index in [9.17, 15) is 14.4 Å². The van der Waals surface area contributed by atoms with Crippen molar-refractivity contribution in [2.75, 3.05) is 0 Å². The normalized spacial score (nSPS) is 10.3. The largest absolute Gasteiger partial charge is 0.477 e. The minimum atomic E-state index is -1.45. The van der Waals surface area contributed by atoms with E-state index in [4.69, 9.17) is 10.2 Å². The fourth-order valence-electron chi connectivity index (χ4n) is 1.85. The molecule has 0 aliphatic carbocycles. The zero-order chi connectivity index (χ0) is 15.4. The van der Waals surface area contributed by atoms with E-state index in [1.807, 2.05) is 6.07 Å². The summed E-state index contributed by atoms with van der Waals surface area (Å²) in [7, 11) is 0. The molecule has 108 valence electrons. The van der Waals surface area contributed by atoms with Gasteiger partial charge in [0, 0.05) is 37.3 Å². The lowest BCUT2D eigenvalue weighted by atomic mass is 10.2. The first-order valence-electron chi connectivity index (χ1n) is 6.09. The molecule has 0 aliphatic heterocycles. The van der Waals surface area contributed by atoms with Gasteiger partial charge in [-0.3, -0.25) is 9.78 Å². The second kappa shape index (κ2) is 6.00. The minimum absolute atomic E-state index is 0.317. The zero-order valence-corrected chi connectivity index (χ0v) is 10.9. The van der Waals surface area contributed by atoms with E-state index in [2.05, 4.69) is 4.98 Å². The van der Waals surface area contributed by atoms with Crippen molar-refractivity contribution in [3.63, 3.8) is 0 Å². The number of nitrogens with zero attached hydrogens (tertiary/aromatic N) is 2. The van der Waals surface area contributed by atoms with Gasteiger partial charge in [-0.25, -0.2) is 9.59 Å². The Morgan fingerprint density at radius 3 is 2.19 bits per heavy atom. The summed E-state index contributed by atoms with van der Waals surface area (Å²) in [6.07, 6.45) is 4.40. The van der Waals surface area contributed by atoms with E-state index in [0.29, 0.717) is 13.0 Å². The molecular formula is C14H12N2O5. The molecule has 0 bridgehead atoms. The molecule has 2 N–H and O–H groups in total. The Hall–Kier alpha value is -2.96. The molecule has 0 saturated heterocycles. The average molecular weight is 288 g/mol. The molecule has 0 amide bonds. The molecule has 0 fully saturated rings. The second-order valence-electron chi connectivity index (χ2n) is 4.33. The van der Waals surface area contributed by atoms with Crippen molar-refractivity contribution in [1.29, 1.82) is 0 Å². The number of aromatic carboxylic acids is 2. The minimum Gasteiger partial charge on any atom is -0.477 e. The highest BCUT2D eigenvalue weighted by Gasteiger charge is 2.17. The Labute approximate surface area is 119 Å². The van der Waals surface area contributed by atoms with E-state index >= 15 is 0 Å². The van der Waals surface area contributed by atoms with Crippen LogP contribution in [-0.4, -0.2) is 31.7 Å². The van der Waals surface area contributed by atoms with Gasteiger partial charge in [0.25, 0.3) is 0 Å². The van der Waals surface area contributed by atoms with E-state index < -0.39 is 28.5 Å². The van der Waals surface area contributed by atoms with Crippen molar-refractivity contribution in [2.45, 2.75) is 13.0 Å². The van der Waals surface area contributed by atoms with Crippen LogP contribution < -0.4 is 5.43 Å².